The molecule has 0 bridgehead atoms. The van der Waals surface area contributed by atoms with Gasteiger partial charge in [-0.3, -0.25) is 14.9 Å². The van der Waals surface area contributed by atoms with Gasteiger partial charge in [-0.15, -0.1) is 0 Å². The van der Waals surface area contributed by atoms with Gasteiger partial charge in [0.15, 0.2) is 6.61 Å². The fourth-order valence-electron chi connectivity index (χ4n) is 1.96. The Bertz CT molecular complexity index is 798. The maximum Gasteiger partial charge on any atom is 0.311 e. The second-order valence-electron chi connectivity index (χ2n) is 4.89. The van der Waals surface area contributed by atoms with Gasteiger partial charge < -0.3 is 14.8 Å². The molecule has 25 heavy (non-hydrogen) atoms. The summed E-state index contributed by atoms with van der Waals surface area (Å²) in [6.07, 6.45) is 0. The summed E-state index contributed by atoms with van der Waals surface area (Å²) in [7, 11) is 1.31. The molecule has 0 radical (unpaired) electrons. The highest BCUT2D eigenvalue weighted by Crippen LogP contribution is 2.30. The van der Waals surface area contributed by atoms with Gasteiger partial charge in [0.2, 0.25) is 5.75 Å². The minimum Gasteiger partial charge on any atom is -0.490 e. The van der Waals surface area contributed by atoms with Gasteiger partial charge in [0.1, 0.15) is 5.75 Å². The van der Waals surface area contributed by atoms with Crippen molar-refractivity contribution in [3.63, 3.8) is 0 Å². The van der Waals surface area contributed by atoms with E-state index in [1.165, 1.54) is 25.3 Å². The van der Waals surface area contributed by atoms with Crippen molar-refractivity contribution in [1.82, 2.24) is 5.32 Å². The molecule has 0 aromatic heterocycles. The molecule has 0 saturated carbocycles. The molecule has 0 saturated heterocycles. The van der Waals surface area contributed by atoms with Crippen LogP contribution in [0.1, 0.15) is 5.56 Å². The number of nitrogens with zero attached hydrogens (tertiary/aromatic N) is 1. The lowest BCUT2D eigenvalue weighted by atomic mass is 10.2. The number of nitrogens with one attached hydrogen (secondary N) is 1. The lowest BCUT2D eigenvalue weighted by Crippen LogP contribution is -2.28. The van der Waals surface area contributed by atoms with E-state index in [1.807, 2.05) is 0 Å². The van der Waals surface area contributed by atoms with Gasteiger partial charge in [0.05, 0.1) is 12.0 Å². The number of carbonyl (C=O) groups is 1. The molecule has 0 unspecified atom stereocenters. The molecule has 0 aliphatic carbocycles. The Balaban J connectivity index is 1.90. The van der Waals surface area contributed by atoms with E-state index in [-0.39, 0.29) is 36.2 Å². The third-order valence-electron chi connectivity index (χ3n) is 3.21. The number of hydrogen-bond donors (Lipinski definition) is 1. The van der Waals surface area contributed by atoms with Gasteiger partial charge in [0.25, 0.3) is 5.91 Å². The molecule has 1 amide bonds. The number of hydrogen-bond acceptors (Lipinski definition) is 5. The van der Waals surface area contributed by atoms with Crippen molar-refractivity contribution in [2.24, 2.45) is 0 Å². The number of nitro groups is 1. The van der Waals surface area contributed by atoms with Crippen molar-refractivity contribution >= 4 is 34.8 Å². The Morgan fingerprint density at radius 3 is 2.64 bits per heavy atom. The first-order valence-electron chi connectivity index (χ1n) is 7.06. The van der Waals surface area contributed by atoms with Crippen LogP contribution in [0, 0.1) is 10.1 Å². The van der Waals surface area contributed by atoms with E-state index in [0.717, 1.165) is 5.56 Å². The fraction of sp³-hybridized carbons (Fsp3) is 0.188. The summed E-state index contributed by atoms with van der Waals surface area (Å²) in [5.74, 6) is -0.0404. The summed E-state index contributed by atoms with van der Waals surface area (Å²) in [6, 6.07) is 8.97. The largest absolute Gasteiger partial charge is 0.490 e. The predicted molar refractivity (Wildman–Crippen MR) is 93.5 cm³/mol. The SMILES string of the molecule is COc1cc(OCC(=O)NCc2ccc(Cl)cc2Cl)ccc1[N+](=O)[O-]. The monoisotopic (exact) mass is 384 g/mol. The van der Waals surface area contributed by atoms with Gasteiger partial charge >= 0.3 is 5.69 Å². The van der Waals surface area contributed by atoms with Crippen molar-refractivity contribution in [3.8, 4) is 11.5 Å². The highest BCUT2D eigenvalue weighted by atomic mass is 35.5. The summed E-state index contributed by atoms with van der Waals surface area (Å²) in [6.45, 7) is -0.0338. The second kappa shape index (κ2) is 8.55. The van der Waals surface area contributed by atoms with E-state index in [4.69, 9.17) is 32.7 Å². The molecule has 0 aliphatic rings. The number of halogens is 2. The maximum absolute atomic E-state index is 11.9. The first kappa shape index (κ1) is 18.8. The van der Waals surface area contributed by atoms with Crippen LogP contribution >= 0.6 is 23.2 Å². The first-order chi connectivity index (χ1) is 11.9. The van der Waals surface area contributed by atoms with Gasteiger partial charge in [0, 0.05) is 28.7 Å². The molecule has 7 nitrogen and oxygen atoms in total. The van der Waals surface area contributed by atoms with Gasteiger partial charge in [-0.2, -0.15) is 0 Å². The van der Waals surface area contributed by atoms with Crippen LogP contribution in [0.2, 0.25) is 10.0 Å². The standard InChI is InChI=1S/C16H14Cl2N2O5/c1-24-15-7-12(4-5-14(15)20(22)23)25-9-16(21)19-8-10-2-3-11(17)6-13(10)18/h2-7H,8-9H2,1H3,(H,19,21). The van der Waals surface area contributed by atoms with Crippen LogP contribution < -0.4 is 14.8 Å². The quantitative estimate of drug-likeness (QED) is 0.581. The number of benzene rings is 2. The number of ether oxygens (including phenoxy) is 2. The molecule has 132 valence electrons. The summed E-state index contributed by atoms with van der Waals surface area (Å²) in [4.78, 5) is 22.1. The molecule has 0 heterocycles. The molecule has 0 spiro atoms. The molecule has 0 atom stereocenters. The predicted octanol–water partition coefficient (Wildman–Crippen LogP) is 3.61. The third-order valence-corrected chi connectivity index (χ3v) is 3.80. The normalized spacial score (nSPS) is 10.2. The maximum atomic E-state index is 11.9. The lowest BCUT2D eigenvalue weighted by molar-refractivity contribution is -0.385. The number of carbonyl (C=O) groups excluding carboxylic acids is 1. The smallest absolute Gasteiger partial charge is 0.311 e. The Morgan fingerprint density at radius 2 is 2.00 bits per heavy atom. The lowest BCUT2D eigenvalue weighted by Gasteiger charge is -2.10. The van der Waals surface area contributed by atoms with Crippen LogP contribution in [0.5, 0.6) is 11.5 Å². The number of rotatable bonds is 7. The van der Waals surface area contributed by atoms with Crippen molar-refractivity contribution in [1.29, 1.82) is 0 Å². The Hall–Kier alpha value is -2.51. The van der Waals surface area contributed by atoms with E-state index in [1.54, 1.807) is 18.2 Å². The topological polar surface area (TPSA) is 90.7 Å². The van der Waals surface area contributed by atoms with Crippen LogP contribution in [-0.4, -0.2) is 24.5 Å². The van der Waals surface area contributed by atoms with E-state index in [0.29, 0.717) is 10.0 Å². The third kappa shape index (κ3) is 5.23. The van der Waals surface area contributed by atoms with Gasteiger partial charge in [-0.25, -0.2) is 0 Å². The zero-order valence-electron chi connectivity index (χ0n) is 13.1. The molecule has 9 heteroatoms. The summed E-state index contributed by atoms with van der Waals surface area (Å²) >= 11 is 11.8. The minimum atomic E-state index is -0.564. The zero-order valence-corrected chi connectivity index (χ0v) is 14.6. The molecule has 2 rings (SSSR count). The summed E-state index contributed by atoms with van der Waals surface area (Å²) in [5, 5.41) is 14.4. The summed E-state index contributed by atoms with van der Waals surface area (Å²) < 4.78 is 10.2. The van der Waals surface area contributed by atoms with Crippen LogP contribution in [0.3, 0.4) is 0 Å². The molecule has 2 aromatic rings. The average Bonchev–Trinajstić information content (AvgIpc) is 2.58. The molecule has 0 fully saturated rings. The first-order valence-corrected chi connectivity index (χ1v) is 7.82. The van der Waals surface area contributed by atoms with E-state index >= 15 is 0 Å². The van der Waals surface area contributed by atoms with Crippen molar-refractivity contribution in [2.45, 2.75) is 6.54 Å². The second-order valence-corrected chi connectivity index (χ2v) is 5.74. The van der Waals surface area contributed by atoms with Crippen molar-refractivity contribution in [3.05, 3.63) is 62.1 Å². The molecule has 0 aliphatic heterocycles. The van der Waals surface area contributed by atoms with E-state index in [9.17, 15) is 14.9 Å². The molecular weight excluding hydrogens is 371 g/mol. The zero-order chi connectivity index (χ0) is 18.4. The average molecular weight is 385 g/mol. The van der Waals surface area contributed by atoms with Crippen LogP contribution in [-0.2, 0) is 11.3 Å². The Kier molecular flexibility index (Phi) is 6.44. The van der Waals surface area contributed by atoms with Crippen LogP contribution in [0.15, 0.2) is 36.4 Å². The van der Waals surface area contributed by atoms with Crippen molar-refractivity contribution in [2.75, 3.05) is 13.7 Å². The Labute approximate surface area is 153 Å². The highest BCUT2D eigenvalue weighted by molar-refractivity contribution is 6.35. The van der Waals surface area contributed by atoms with Gasteiger partial charge in [-0.1, -0.05) is 29.3 Å². The minimum absolute atomic E-state index is 0.0517. The number of methoxy groups -OCH3 is 1. The molecular formula is C16H14Cl2N2O5. The molecule has 1 N–H and O–H groups in total. The molecule has 2 aromatic carbocycles. The van der Waals surface area contributed by atoms with Crippen LogP contribution in [0.25, 0.3) is 0 Å². The summed E-state index contributed by atoms with van der Waals surface area (Å²) in [5.41, 5.74) is 0.535. The highest BCUT2D eigenvalue weighted by Gasteiger charge is 2.15. The number of amides is 1. The van der Waals surface area contributed by atoms with E-state index in [2.05, 4.69) is 5.32 Å². The van der Waals surface area contributed by atoms with E-state index < -0.39 is 4.92 Å². The van der Waals surface area contributed by atoms with Crippen molar-refractivity contribution < 1.29 is 19.2 Å². The van der Waals surface area contributed by atoms with Gasteiger partial charge in [-0.05, 0) is 23.8 Å². The Morgan fingerprint density at radius 1 is 1.24 bits per heavy atom. The number of nitro benzene ring substituents is 1. The fourth-order valence-corrected chi connectivity index (χ4v) is 2.43. The van der Waals surface area contributed by atoms with Crippen LogP contribution in [0.4, 0.5) is 5.69 Å².